The maximum atomic E-state index is 12.3. The van der Waals surface area contributed by atoms with Gasteiger partial charge < -0.3 is 5.32 Å². The molecule has 2 nitrogen and oxygen atoms in total. The van der Waals surface area contributed by atoms with Crippen LogP contribution in [0.3, 0.4) is 0 Å². The van der Waals surface area contributed by atoms with E-state index in [9.17, 15) is 4.79 Å². The molecule has 1 N–H and O–H groups in total. The van der Waals surface area contributed by atoms with E-state index in [2.05, 4.69) is 45.1 Å². The lowest BCUT2D eigenvalue weighted by atomic mass is 9.79. The topological polar surface area (TPSA) is 29.1 Å². The summed E-state index contributed by atoms with van der Waals surface area (Å²) in [7, 11) is 0. The van der Waals surface area contributed by atoms with Crippen molar-refractivity contribution in [2.24, 2.45) is 11.8 Å². The van der Waals surface area contributed by atoms with Crippen LogP contribution in [0.25, 0.3) is 0 Å². The Hall–Kier alpha value is -1.31. The van der Waals surface area contributed by atoms with Crippen LogP contribution in [0.2, 0.25) is 0 Å². The first-order valence-electron chi connectivity index (χ1n) is 8.38. The summed E-state index contributed by atoms with van der Waals surface area (Å²) in [5.41, 5.74) is 2.06. The molecule has 0 atom stereocenters. The van der Waals surface area contributed by atoms with Gasteiger partial charge in [0.2, 0.25) is 0 Å². The van der Waals surface area contributed by atoms with Crippen LogP contribution in [0.1, 0.15) is 75.2 Å². The van der Waals surface area contributed by atoms with E-state index in [4.69, 9.17) is 0 Å². The molecule has 1 saturated carbocycles. The normalized spacial score (nSPS) is 22.6. The Balaban J connectivity index is 1.87. The summed E-state index contributed by atoms with van der Waals surface area (Å²) in [6.45, 7) is 8.95. The maximum Gasteiger partial charge on any atom is 0.251 e. The van der Waals surface area contributed by atoms with Gasteiger partial charge in [-0.3, -0.25) is 4.79 Å². The second kappa shape index (κ2) is 7.11. The van der Waals surface area contributed by atoms with Crippen LogP contribution in [-0.4, -0.2) is 11.9 Å². The zero-order valence-electron chi connectivity index (χ0n) is 13.9. The molecule has 1 aliphatic rings. The van der Waals surface area contributed by atoms with Crippen molar-refractivity contribution in [2.45, 2.75) is 65.3 Å². The van der Waals surface area contributed by atoms with E-state index in [-0.39, 0.29) is 5.91 Å². The van der Waals surface area contributed by atoms with Crippen molar-refractivity contribution in [3.63, 3.8) is 0 Å². The summed E-state index contributed by atoms with van der Waals surface area (Å²) >= 11 is 0. The predicted molar refractivity (Wildman–Crippen MR) is 88.6 cm³/mol. The quantitative estimate of drug-likeness (QED) is 0.850. The van der Waals surface area contributed by atoms with Gasteiger partial charge in [-0.25, -0.2) is 0 Å². The number of hydrogen-bond donors (Lipinski definition) is 1. The second-order valence-electron chi connectivity index (χ2n) is 7.11. The number of nitrogens with one attached hydrogen (secondary N) is 1. The highest BCUT2D eigenvalue weighted by molar-refractivity contribution is 5.94. The van der Waals surface area contributed by atoms with E-state index in [0.717, 1.165) is 30.2 Å². The van der Waals surface area contributed by atoms with Crippen molar-refractivity contribution in [3.8, 4) is 0 Å². The minimum atomic E-state index is 0.0818. The standard InChI is InChI=1S/C19H29NO/c1-13(2)15-5-7-17(8-6-15)19(21)20-18-11-9-16(10-12-18)14(3)4/h5-8,13-14,16,18H,9-12H2,1-4H3,(H,20,21). The molecule has 2 rings (SSSR count). The molecule has 1 aliphatic carbocycles. The van der Waals surface area contributed by atoms with Gasteiger partial charge in [0.05, 0.1) is 0 Å². The lowest BCUT2D eigenvalue weighted by Crippen LogP contribution is -2.38. The van der Waals surface area contributed by atoms with E-state index in [0.29, 0.717) is 12.0 Å². The summed E-state index contributed by atoms with van der Waals surface area (Å²) in [6.07, 6.45) is 4.74. The van der Waals surface area contributed by atoms with Crippen molar-refractivity contribution < 1.29 is 4.79 Å². The van der Waals surface area contributed by atoms with Gasteiger partial charge in [-0.1, -0.05) is 39.8 Å². The molecule has 0 heterocycles. The number of benzene rings is 1. The Morgan fingerprint density at radius 1 is 1.00 bits per heavy atom. The number of carbonyl (C=O) groups excluding carboxylic acids is 1. The number of carbonyl (C=O) groups is 1. The van der Waals surface area contributed by atoms with E-state index < -0.39 is 0 Å². The van der Waals surface area contributed by atoms with E-state index in [1.54, 1.807) is 0 Å². The van der Waals surface area contributed by atoms with Crippen molar-refractivity contribution in [3.05, 3.63) is 35.4 Å². The fourth-order valence-corrected chi connectivity index (χ4v) is 3.22. The molecule has 0 spiro atoms. The molecule has 1 fully saturated rings. The minimum Gasteiger partial charge on any atom is -0.349 e. The average Bonchev–Trinajstić information content (AvgIpc) is 2.47. The van der Waals surface area contributed by atoms with E-state index >= 15 is 0 Å². The van der Waals surface area contributed by atoms with Crippen molar-refractivity contribution in [1.29, 1.82) is 0 Å². The Bertz CT molecular complexity index is 453. The first-order chi connectivity index (χ1) is 9.97. The molecule has 0 aromatic heterocycles. The third-order valence-corrected chi connectivity index (χ3v) is 4.89. The van der Waals surface area contributed by atoms with Crippen LogP contribution in [-0.2, 0) is 0 Å². The van der Waals surface area contributed by atoms with Gasteiger partial charge in [-0.15, -0.1) is 0 Å². The lowest BCUT2D eigenvalue weighted by molar-refractivity contribution is 0.0918. The van der Waals surface area contributed by atoms with Crippen molar-refractivity contribution in [2.75, 3.05) is 0 Å². The number of hydrogen-bond acceptors (Lipinski definition) is 1. The Kier molecular flexibility index (Phi) is 5.44. The third kappa shape index (κ3) is 4.33. The molecular formula is C19H29NO. The average molecular weight is 287 g/mol. The molecule has 0 saturated heterocycles. The molecule has 21 heavy (non-hydrogen) atoms. The van der Waals surface area contributed by atoms with Crippen LogP contribution in [0, 0.1) is 11.8 Å². The number of rotatable bonds is 4. The lowest BCUT2D eigenvalue weighted by Gasteiger charge is -2.31. The van der Waals surface area contributed by atoms with Crippen LogP contribution in [0.5, 0.6) is 0 Å². The first-order valence-corrected chi connectivity index (χ1v) is 8.38. The van der Waals surface area contributed by atoms with Gasteiger partial charge in [-0.05, 0) is 61.1 Å². The zero-order chi connectivity index (χ0) is 15.4. The van der Waals surface area contributed by atoms with Gasteiger partial charge in [0.25, 0.3) is 5.91 Å². The molecule has 1 aromatic carbocycles. The molecule has 0 unspecified atom stereocenters. The van der Waals surface area contributed by atoms with Crippen LogP contribution < -0.4 is 5.32 Å². The smallest absolute Gasteiger partial charge is 0.251 e. The SMILES string of the molecule is CC(C)c1ccc(C(=O)NC2CCC(C(C)C)CC2)cc1. The fraction of sp³-hybridized carbons (Fsp3) is 0.632. The highest BCUT2D eigenvalue weighted by Crippen LogP contribution is 2.30. The van der Waals surface area contributed by atoms with Crippen LogP contribution in [0.15, 0.2) is 24.3 Å². The largest absolute Gasteiger partial charge is 0.349 e. The number of amides is 1. The van der Waals surface area contributed by atoms with Crippen LogP contribution >= 0.6 is 0 Å². The Labute approximate surface area is 129 Å². The first kappa shape index (κ1) is 16.1. The molecule has 116 valence electrons. The molecule has 0 bridgehead atoms. The molecule has 0 radical (unpaired) electrons. The fourth-order valence-electron chi connectivity index (χ4n) is 3.22. The van der Waals surface area contributed by atoms with Crippen molar-refractivity contribution in [1.82, 2.24) is 5.32 Å². The second-order valence-corrected chi connectivity index (χ2v) is 7.11. The molecular weight excluding hydrogens is 258 g/mol. The molecule has 1 amide bonds. The summed E-state index contributed by atoms with van der Waals surface area (Å²) in [4.78, 5) is 12.3. The van der Waals surface area contributed by atoms with Gasteiger partial charge >= 0.3 is 0 Å². The van der Waals surface area contributed by atoms with Gasteiger partial charge in [0.15, 0.2) is 0 Å². The van der Waals surface area contributed by atoms with Gasteiger partial charge in [0, 0.05) is 11.6 Å². The molecule has 2 heteroatoms. The van der Waals surface area contributed by atoms with E-state index in [1.807, 2.05) is 12.1 Å². The zero-order valence-corrected chi connectivity index (χ0v) is 13.9. The predicted octanol–water partition coefficient (Wildman–Crippen LogP) is 4.75. The maximum absolute atomic E-state index is 12.3. The Morgan fingerprint density at radius 3 is 2.05 bits per heavy atom. The van der Waals surface area contributed by atoms with E-state index in [1.165, 1.54) is 18.4 Å². The van der Waals surface area contributed by atoms with Crippen LogP contribution in [0.4, 0.5) is 0 Å². The third-order valence-electron chi connectivity index (χ3n) is 4.89. The summed E-state index contributed by atoms with van der Waals surface area (Å²) in [5, 5.41) is 3.20. The summed E-state index contributed by atoms with van der Waals surface area (Å²) in [6, 6.07) is 8.39. The molecule has 0 aliphatic heterocycles. The summed E-state index contributed by atoms with van der Waals surface area (Å²) in [5.74, 6) is 2.19. The highest BCUT2D eigenvalue weighted by Gasteiger charge is 2.24. The highest BCUT2D eigenvalue weighted by atomic mass is 16.1. The van der Waals surface area contributed by atoms with Crippen molar-refractivity contribution >= 4 is 5.91 Å². The van der Waals surface area contributed by atoms with Gasteiger partial charge in [0.1, 0.15) is 0 Å². The molecule has 1 aromatic rings. The van der Waals surface area contributed by atoms with Gasteiger partial charge in [-0.2, -0.15) is 0 Å². The monoisotopic (exact) mass is 287 g/mol. The Morgan fingerprint density at radius 2 is 1.57 bits per heavy atom. The minimum absolute atomic E-state index is 0.0818. The summed E-state index contributed by atoms with van der Waals surface area (Å²) < 4.78 is 0.